The molecule has 1 aromatic heterocycles. The van der Waals surface area contributed by atoms with Gasteiger partial charge < -0.3 is 5.73 Å². The van der Waals surface area contributed by atoms with E-state index in [1.54, 1.807) is 6.92 Å². The molecule has 0 aromatic carbocycles. The molecule has 0 aliphatic carbocycles. The third kappa shape index (κ3) is 1.91. The molecule has 16 heavy (non-hydrogen) atoms. The van der Waals surface area contributed by atoms with Crippen molar-refractivity contribution in [3.8, 4) is 0 Å². The van der Waals surface area contributed by atoms with Gasteiger partial charge in [-0.3, -0.25) is 0 Å². The van der Waals surface area contributed by atoms with Crippen LogP contribution in [-0.2, 0) is 12.7 Å². The van der Waals surface area contributed by atoms with Crippen molar-refractivity contribution in [3.05, 3.63) is 11.6 Å². The molecule has 7 heteroatoms. The predicted molar refractivity (Wildman–Crippen MR) is 50.6 cm³/mol. The molecule has 2 N–H and O–H groups in total. The molecule has 0 bridgehead atoms. The van der Waals surface area contributed by atoms with Crippen LogP contribution < -0.4 is 5.73 Å². The second-order valence-corrected chi connectivity index (χ2v) is 4.12. The maximum Gasteiger partial charge on any atom is 0.453 e. The lowest BCUT2D eigenvalue weighted by Gasteiger charge is -2.24. The minimum Gasteiger partial charge on any atom is -0.327 e. The van der Waals surface area contributed by atoms with E-state index in [1.165, 1.54) is 4.68 Å². The van der Waals surface area contributed by atoms with Gasteiger partial charge >= 0.3 is 6.18 Å². The number of fused-ring (bicyclic) bond motifs is 1. The number of hydrogen-bond donors (Lipinski definition) is 1. The van der Waals surface area contributed by atoms with E-state index in [4.69, 9.17) is 5.73 Å². The molecule has 90 valence electrons. The number of nitrogens with two attached hydrogens (primary N) is 1. The third-order valence-electron chi connectivity index (χ3n) is 2.81. The van der Waals surface area contributed by atoms with E-state index in [1.807, 2.05) is 0 Å². The van der Waals surface area contributed by atoms with Crippen LogP contribution in [0.3, 0.4) is 0 Å². The molecule has 1 aliphatic rings. The summed E-state index contributed by atoms with van der Waals surface area (Å²) in [5.41, 5.74) is 5.74. The highest BCUT2D eigenvalue weighted by Crippen LogP contribution is 2.32. The van der Waals surface area contributed by atoms with E-state index in [9.17, 15) is 13.2 Å². The molecule has 1 aromatic rings. The molecular weight excluding hydrogens is 221 g/mol. The number of nitrogens with zero attached hydrogens (tertiary/aromatic N) is 3. The highest BCUT2D eigenvalue weighted by Gasteiger charge is 2.39. The van der Waals surface area contributed by atoms with E-state index in [-0.39, 0.29) is 12.0 Å². The van der Waals surface area contributed by atoms with Crippen LogP contribution >= 0.6 is 0 Å². The van der Waals surface area contributed by atoms with Crippen LogP contribution in [0.5, 0.6) is 0 Å². The van der Waals surface area contributed by atoms with Crippen LogP contribution in [-0.4, -0.2) is 20.8 Å². The molecule has 4 nitrogen and oxygen atoms in total. The van der Waals surface area contributed by atoms with Crippen molar-refractivity contribution in [2.24, 2.45) is 5.73 Å². The lowest BCUT2D eigenvalue weighted by molar-refractivity contribution is -0.145. The van der Waals surface area contributed by atoms with Gasteiger partial charge in [0.25, 0.3) is 5.82 Å². The highest BCUT2D eigenvalue weighted by molar-refractivity contribution is 5.07. The summed E-state index contributed by atoms with van der Waals surface area (Å²) in [5.74, 6) is -0.819. The minimum atomic E-state index is -4.48. The quantitative estimate of drug-likeness (QED) is 0.801. The second kappa shape index (κ2) is 3.73. The van der Waals surface area contributed by atoms with Crippen LogP contribution in [0.15, 0.2) is 0 Å². The van der Waals surface area contributed by atoms with Crippen molar-refractivity contribution < 1.29 is 13.2 Å². The third-order valence-corrected chi connectivity index (χ3v) is 2.81. The number of aromatic nitrogens is 3. The maximum atomic E-state index is 12.4. The van der Waals surface area contributed by atoms with Crippen LogP contribution in [0.2, 0.25) is 0 Å². The Bertz CT molecular complexity index is 383. The molecule has 2 rings (SSSR count). The molecule has 0 spiro atoms. The smallest absolute Gasteiger partial charge is 0.327 e. The first-order chi connectivity index (χ1) is 7.39. The van der Waals surface area contributed by atoms with Gasteiger partial charge in [0.15, 0.2) is 0 Å². The largest absolute Gasteiger partial charge is 0.453 e. The zero-order valence-corrected chi connectivity index (χ0v) is 8.83. The molecule has 0 radical (unpaired) electrons. The summed E-state index contributed by atoms with van der Waals surface area (Å²) in [6.45, 7) is 2.27. The standard InChI is InChI=1S/C9H13F3N4/c1-5(13)6-3-2-4-16-7(6)14-8(15-16)9(10,11)12/h5-6H,2-4,13H2,1H3. The first kappa shape index (κ1) is 11.4. The summed E-state index contributed by atoms with van der Waals surface area (Å²) >= 11 is 0. The van der Waals surface area contributed by atoms with E-state index in [0.717, 1.165) is 12.8 Å². The number of alkyl halides is 3. The SMILES string of the molecule is CC(N)C1CCCn2nc(C(F)(F)F)nc21. The summed E-state index contributed by atoms with van der Waals surface area (Å²) in [6.07, 6.45) is -2.92. The Labute approximate surface area is 90.6 Å². The lowest BCUT2D eigenvalue weighted by atomic mass is 9.93. The van der Waals surface area contributed by atoms with E-state index in [2.05, 4.69) is 10.1 Å². The average molecular weight is 234 g/mol. The molecule has 0 saturated heterocycles. The Hall–Kier alpha value is -1.11. The molecule has 0 fully saturated rings. The van der Waals surface area contributed by atoms with Gasteiger partial charge in [0.1, 0.15) is 5.82 Å². The summed E-state index contributed by atoms with van der Waals surface area (Å²) in [7, 11) is 0. The molecule has 2 heterocycles. The van der Waals surface area contributed by atoms with Gasteiger partial charge in [-0.05, 0) is 19.8 Å². The summed E-state index contributed by atoms with van der Waals surface area (Å²) in [5, 5.41) is 3.48. The van der Waals surface area contributed by atoms with Gasteiger partial charge in [-0.25, -0.2) is 9.67 Å². The fraction of sp³-hybridized carbons (Fsp3) is 0.778. The molecule has 2 atom stereocenters. The summed E-state index contributed by atoms with van der Waals surface area (Å²) < 4.78 is 38.6. The van der Waals surface area contributed by atoms with Gasteiger partial charge in [0.05, 0.1) is 0 Å². The van der Waals surface area contributed by atoms with Gasteiger partial charge in [-0.15, -0.1) is 5.10 Å². The Morgan fingerprint density at radius 3 is 2.75 bits per heavy atom. The molecule has 0 amide bonds. The Balaban J connectivity index is 2.38. The van der Waals surface area contributed by atoms with Crippen molar-refractivity contribution >= 4 is 0 Å². The Morgan fingerprint density at radius 2 is 2.19 bits per heavy atom. The van der Waals surface area contributed by atoms with Crippen molar-refractivity contribution in [2.45, 2.75) is 44.4 Å². The monoisotopic (exact) mass is 234 g/mol. The van der Waals surface area contributed by atoms with E-state index < -0.39 is 12.0 Å². The number of halogens is 3. The van der Waals surface area contributed by atoms with Crippen LogP contribution in [0.1, 0.15) is 37.3 Å². The van der Waals surface area contributed by atoms with E-state index in [0.29, 0.717) is 12.4 Å². The first-order valence-corrected chi connectivity index (χ1v) is 5.17. The van der Waals surface area contributed by atoms with Crippen LogP contribution in [0.4, 0.5) is 13.2 Å². The average Bonchev–Trinajstić information content (AvgIpc) is 2.59. The minimum absolute atomic E-state index is 0.127. The van der Waals surface area contributed by atoms with Gasteiger partial charge in [-0.1, -0.05) is 0 Å². The van der Waals surface area contributed by atoms with Crippen LogP contribution in [0.25, 0.3) is 0 Å². The van der Waals surface area contributed by atoms with Crippen molar-refractivity contribution in [2.75, 3.05) is 0 Å². The first-order valence-electron chi connectivity index (χ1n) is 5.17. The van der Waals surface area contributed by atoms with Gasteiger partial charge in [0.2, 0.25) is 0 Å². The van der Waals surface area contributed by atoms with Crippen LogP contribution in [0, 0.1) is 0 Å². The number of aryl methyl sites for hydroxylation is 1. The van der Waals surface area contributed by atoms with E-state index >= 15 is 0 Å². The Morgan fingerprint density at radius 1 is 1.50 bits per heavy atom. The van der Waals surface area contributed by atoms with Gasteiger partial charge in [-0.2, -0.15) is 13.2 Å². The van der Waals surface area contributed by atoms with Gasteiger partial charge in [0, 0.05) is 18.5 Å². The van der Waals surface area contributed by atoms with Crippen molar-refractivity contribution in [1.29, 1.82) is 0 Å². The zero-order valence-electron chi connectivity index (χ0n) is 8.83. The molecular formula is C9H13F3N4. The fourth-order valence-corrected chi connectivity index (χ4v) is 2.00. The Kier molecular flexibility index (Phi) is 2.65. The molecule has 2 unspecified atom stereocenters. The number of rotatable bonds is 1. The molecule has 0 saturated carbocycles. The number of hydrogen-bond acceptors (Lipinski definition) is 3. The molecule has 1 aliphatic heterocycles. The summed E-state index contributed by atoms with van der Waals surface area (Å²) in [6, 6.07) is -0.204. The van der Waals surface area contributed by atoms with Crippen molar-refractivity contribution in [1.82, 2.24) is 14.8 Å². The fourth-order valence-electron chi connectivity index (χ4n) is 2.00. The topological polar surface area (TPSA) is 56.7 Å². The van der Waals surface area contributed by atoms with Crippen molar-refractivity contribution in [3.63, 3.8) is 0 Å². The summed E-state index contributed by atoms with van der Waals surface area (Å²) in [4.78, 5) is 3.57. The predicted octanol–water partition coefficient (Wildman–Crippen LogP) is 1.52. The zero-order chi connectivity index (χ0) is 11.9. The second-order valence-electron chi connectivity index (χ2n) is 4.12. The normalized spacial score (nSPS) is 22.9. The highest BCUT2D eigenvalue weighted by atomic mass is 19.4. The lowest BCUT2D eigenvalue weighted by Crippen LogP contribution is -2.30. The maximum absolute atomic E-state index is 12.4.